The molecule has 0 amide bonds. The van der Waals surface area contributed by atoms with Gasteiger partial charge in [-0.3, -0.25) is 0 Å². The van der Waals surface area contributed by atoms with Crippen molar-refractivity contribution in [2.24, 2.45) is 0 Å². The van der Waals surface area contributed by atoms with E-state index in [9.17, 15) is 15.0 Å². The number of aliphatic hydroxyl groups excluding tert-OH is 1. The van der Waals surface area contributed by atoms with Gasteiger partial charge in [0.15, 0.2) is 5.82 Å². The molecule has 22 heavy (non-hydrogen) atoms. The van der Waals surface area contributed by atoms with Crippen molar-refractivity contribution in [3.05, 3.63) is 12.1 Å². The summed E-state index contributed by atoms with van der Waals surface area (Å²) in [7, 11) is 0. The molecule has 120 valence electrons. The van der Waals surface area contributed by atoms with Crippen LogP contribution in [-0.2, 0) is 4.79 Å². The number of rotatable bonds is 4. The summed E-state index contributed by atoms with van der Waals surface area (Å²) in [6.45, 7) is 1.58. The molecule has 2 unspecified atom stereocenters. The number of carboxylic acids is 1. The van der Waals surface area contributed by atoms with Crippen LogP contribution in [0.25, 0.3) is 0 Å². The molecule has 3 rings (SSSR count). The summed E-state index contributed by atoms with van der Waals surface area (Å²) in [5.74, 6) is 0.495. The molecule has 1 aromatic heterocycles. The van der Waals surface area contributed by atoms with Crippen LogP contribution in [0.4, 0.5) is 17.3 Å². The Balaban J connectivity index is 1.91. The molecule has 7 heteroatoms. The van der Waals surface area contributed by atoms with Crippen LogP contribution in [0.5, 0.6) is 0 Å². The Bertz CT molecular complexity index is 566. The van der Waals surface area contributed by atoms with Crippen molar-refractivity contribution in [3.8, 4) is 0 Å². The van der Waals surface area contributed by atoms with Gasteiger partial charge < -0.3 is 25.7 Å². The SMILES string of the molecule is Nc1ccc(N2CCCC2C(=O)O)nc1N1CCCC1CO. The van der Waals surface area contributed by atoms with Crippen molar-refractivity contribution in [1.29, 1.82) is 0 Å². The highest BCUT2D eigenvalue weighted by Crippen LogP contribution is 2.32. The van der Waals surface area contributed by atoms with E-state index in [1.165, 1.54) is 0 Å². The van der Waals surface area contributed by atoms with Gasteiger partial charge in [-0.1, -0.05) is 0 Å². The summed E-state index contributed by atoms with van der Waals surface area (Å²) < 4.78 is 0. The van der Waals surface area contributed by atoms with Crippen molar-refractivity contribution >= 4 is 23.3 Å². The van der Waals surface area contributed by atoms with Gasteiger partial charge in [-0.2, -0.15) is 0 Å². The van der Waals surface area contributed by atoms with Crippen molar-refractivity contribution in [3.63, 3.8) is 0 Å². The van der Waals surface area contributed by atoms with Crippen LogP contribution in [0.1, 0.15) is 25.7 Å². The normalized spacial score (nSPS) is 25.0. The van der Waals surface area contributed by atoms with Crippen LogP contribution < -0.4 is 15.5 Å². The molecule has 7 nitrogen and oxygen atoms in total. The third-order valence-corrected chi connectivity index (χ3v) is 4.58. The number of nitrogens with two attached hydrogens (primary N) is 1. The number of aromatic nitrogens is 1. The average Bonchev–Trinajstić information content (AvgIpc) is 3.16. The van der Waals surface area contributed by atoms with Crippen LogP contribution in [0.2, 0.25) is 0 Å². The first-order valence-electron chi connectivity index (χ1n) is 7.75. The molecule has 0 aromatic carbocycles. The first kappa shape index (κ1) is 14.9. The van der Waals surface area contributed by atoms with E-state index >= 15 is 0 Å². The van der Waals surface area contributed by atoms with E-state index in [2.05, 4.69) is 4.98 Å². The molecule has 0 radical (unpaired) electrons. The molecule has 0 spiro atoms. The van der Waals surface area contributed by atoms with Crippen LogP contribution in [0.15, 0.2) is 12.1 Å². The Kier molecular flexibility index (Phi) is 4.06. The Morgan fingerprint density at radius 3 is 2.73 bits per heavy atom. The molecule has 4 N–H and O–H groups in total. The largest absolute Gasteiger partial charge is 0.480 e. The molecular weight excluding hydrogens is 284 g/mol. The molecule has 0 bridgehead atoms. The topological polar surface area (TPSA) is 103 Å². The highest BCUT2D eigenvalue weighted by Gasteiger charge is 2.33. The van der Waals surface area contributed by atoms with E-state index < -0.39 is 12.0 Å². The monoisotopic (exact) mass is 306 g/mol. The van der Waals surface area contributed by atoms with Crippen LogP contribution in [0.3, 0.4) is 0 Å². The summed E-state index contributed by atoms with van der Waals surface area (Å²) in [6.07, 6.45) is 3.41. The molecule has 2 atom stereocenters. The number of aliphatic carboxylic acids is 1. The number of aliphatic hydroxyl groups is 1. The van der Waals surface area contributed by atoms with Gasteiger partial charge in [-0.25, -0.2) is 9.78 Å². The maximum atomic E-state index is 11.4. The highest BCUT2D eigenvalue weighted by molar-refractivity contribution is 5.79. The lowest BCUT2D eigenvalue weighted by Crippen LogP contribution is -2.37. The van der Waals surface area contributed by atoms with Crippen molar-refractivity contribution in [1.82, 2.24) is 4.98 Å². The maximum Gasteiger partial charge on any atom is 0.326 e. The maximum absolute atomic E-state index is 11.4. The minimum Gasteiger partial charge on any atom is -0.480 e. The molecule has 1 aromatic rings. The summed E-state index contributed by atoms with van der Waals surface area (Å²) >= 11 is 0. The Labute approximate surface area is 129 Å². The molecule has 0 saturated carbocycles. The average molecular weight is 306 g/mol. The molecular formula is C15H22N4O3. The number of carbonyl (C=O) groups is 1. The molecule has 2 fully saturated rings. The van der Waals surface area contributed by atoms with E-state index in [0.29, 0.717) is 30.3 Å². The quantitative estimate of drug-likeness (QED) is 0.751. The lowest BCUT2D eigenvalue weighted by atomic mass is 10.2. The summed E-state index contributed by atoms with van der Waals surface area (Å²) in [5, 5.41) is 18.8. The second-order valence-corrected chi connectivity index (χ2v) is 5.94. The fourth-order valence-electron chi connectivity index (χ4n) is 3.44. The Hall–Kier alpha value is -2.02. The van der Waals surface area contributed by atoms with E-state index in [0.717, 1.165) is 25.8 Å². The molecule has 2 aliphatic rings. The van der Waals surface area contributed by atoms with E-state index in [1.807, 2.05) is 9.80 Å². The number of nitrogens with zero attached hydrogens (tertiary/aromatic N) is 3. The van der Waals surface area contributed by atoms with Gasteiger partial charge in [0, 0.05) is 13.1 Å². The summed E-state index contributed by atoms with van der Waals surface area (Å²) in [4.78, 5) is 19.8. The van der Waals surface area contributed by atoms with Crippen LogP contribution in [-0.4, -0.2) is 52.9 Å². The van der Waals surface area contributed by atoms with Crippen molar-refractivity contribution in [2.75, 3.05) is 35.2 Å². The number of hydrogen-bond donors (Lipinski definition) is 3. The predicted octanol–water partition coefficient (Wildman–Crippen LogP) is 0.678. The lowest BCUT2D eigenvalue weighted by molar-refractivity contribution is -0.138. The van der Waals surface area contributed by atoms with E-state index in [-0.39, 0.29) is 12.6 Å². The van der Waals surface area contributed by atoms with Gasteiger partial charge in [-0.05, 0) is 37.8 Å². The second-order valence-electron chi connectivity index (χ2n) is 5.94. The second kappa shape index (κ2) is 6.00. The first-order chi connectivity index (χ1) is 10.6. The third-order valence-electron chi connectivity index (χ3n) is 4.58. The molecule has 2 aliphatic heterocycles. The summed E-state index contributed by atoms with van der Waals surface area (Å²) in [5.41, 5.74) is 6.62. The zero-order chi connectivity index (χ0) is 15.7. The van der Waals surface area contributed by atoms with Crippen LogP contribution >= 0.6 is 0 Å². The summed E-state index contributed by atoms with van der Waals surface area (Å²) in [6, 6.07) is 3.08. The van der Waals surface area contributed by atoms with Crippen molar-refractivity contribution < 1.29 is 15.0 Å². The molecule has 3 heterocycles. The van der Waals surface area contributed by atoms with E-state index in [1.54, 1.807) is 12.1 Å². The zero-order valence-electron chi connectivity index (χ0n) is 12.5. The Morgan fingerprint density at radius 2 is 2.00 bits per heavy atom. The minimum atomic E-state index is -0.813. The van der Waals surface area contributed by atoms with Crippen LogP contribution in [0, 0.1) is 0 Å². The number of nitrogen functional groups attached to an aromatic ring is 1. The molecule has 0 aliphatic carbocycles. The number of hydrogen-bond acceptors (Lipinski definition) is 6. The van der Waals surface area contributed by atoms with Gasteiger partial charge >= 0.3 is 5.97 Å². The Morgan fingerprint density at radius 1 is 1.27 bits per heavy atom. The fourth-order valence-corrected chi connectivity index (χ4v) is 3.44. The van der Waals surface area contributed by atoms with Gasteiger partial charge in [0.1, 0.15) is 11.9 Å². The lowest BCUT2D eigenvalue weighted by Gasteiger charge is -2.28. The number of pyridine rings is 1. The smallest absolute Gasteiger partial charge is 0.326 e. The van der Waals surface area contributed by atoms with Gasteiger partial charge in [0.2, 0.25) is 0 Å². The fraction of sp³-hybridized carbons (Fsp3) is 0.600. The zero-order valence-corrected chi connectivity index (χ0v) is 12.5. The van der Waals surface area contributed by atoms with Gasteiger partial charge in [0.25, 0.3) is 0 Å². The number of anilines is 3. The first-order valence-corrected chi connectivity index (χ1v) is 7.75. The highest BCUT2D eigenvalue weighted by atomic mass is 16.4. The molecule has 2 saturated heterocycles. The van der Waals surface area contributed by atoms with Gasteiger partial charge in [0.05, 0.1) is 18.3 Å². The predicted molar refractivity (Wildman–Crippen MR) is 84.1 cm³/mol. The number of carboxylic acid groups (broad SMARTS) is 1. The van der Waals surface area contributed by atoms with Gasteiger partial charge in [-0.15, -0.1) is 0 Å². The minimum absolute atomic E-state index is 0.0406. The standard InChI is InChI=1S/C15H22N4O3/c16-11-5-6-13(19-8-2-4-12(19)15(21)22)17-14(11)18-7-1-3-10(18)9-20/h5-6,10,12,20H,1-4,7-9,16H2,(H,21,22). The third kappa shape index (κ3) is 2.56. The van der Waals surface area contributed by atoms with Crippen molar-refractivity contribution in [2.45, 2.75) is 37.8 Å². The van der Waals surface area contributed by atoms with E-state index in [4.69, 9.17) is 5.73 Å².